The SMILES string of the molecule is C=CC[C@@H](c1ccc(OC(F)(F)F)cc1OC)N1CCNCC1. The molecule has 0 bridgehead atoms. The third-order valence-corrected chi connectivity index (χ3v) is 3.78. The number of nitrogens with zero attached hydrogens (tertiary/aromatic N) is 1. The Balaban J connectivity index is 2.28. The average Bonchev–Trinajstić information content (AvgIpc) is 2.52. The molecular formula is C16H21F3N2O2. The predicted octanol–water partition coefficient (Wildman–Crippen LogP) is 3.12. The molecule has 2 rings (SSSR count). The maximum atomic E-state index is 12.4. The van der Waals surface area contributed by atoms with E-state index < -0.39 is 6.36 Å². The van der Waals surface area contributed by atoms with Gasteiger partial charge in [-0.25, -0.2) is 0 Å². The molecule has 23 heavy (non-hydrogen) atoms. The Morgan fingerprint density at radius 2 is 2.04 bits per heavy atom. The molecule has 1 aromatic rings. The number of methoxy groups -OCH3 is 1. The van der Waals surface area contributed by atoms with Crippen molar-refractivity contribution in [2.45, 2.75) is 18.8 Å². The van der Waals surface area contributed by atoms with Crippen LogP contribution >= 0.6 is 0 Å². The first-order valence-corrected chi connectivity index (χ1v) is 7.44. The molecule has 1 fully saturated rings. The van der Waals surface area contributed by atoms with Crippen molar-refractivity contribution in [3.63, 3.8) is 0 Å². The van der Waals surface area contributed by atoms with Crippen LogP contribution in [0.5, 0.6) is 11.5 Å². The Morgan fingerprint density at radius 1 is 1.35 bits per heavy atom. The summed E-state index contributed by atoms with van der Waals surface area (Å²) >= 11 is 0. The fourth-order valence-corrected chi connectivity index (χ4v) is 2.79. The summed E-state index contributed by atoms with van der Waals surface area (Å²) in [6.07, 6.45) is -2.21. The van der Waals surface area contributed by atoms with E-state index >= 15 is 0 Å². The zero-order valence-corrected chi connectivity index (χ0v) is 13.0. The molecule has 1 N–H and O–H groups in total. The van der Waals surface area contributed by atoms with E-state index in [0.29, 0.717) is 12.2 Å². The number of hydrogen-bond acceptors (Lipinski definition) is 4. The Morgan fingerprint density at radius 3 is 2.61 bits per heavy atom. The smallest absolute Gasteiger partial charge is 0.496 e. The Bertz CT molecular complexity index is 529. The fourth-order valence-electron chi connectivity index (χ4n) is 2.79. The van der Waals surface area contributed by atoms with Gasteiger partial charge < -0.3 is 14.8 Å². The van der Waals surface area contributed by atoms with E-state index in [2.05, 4.69) is 21.5 Å². The van der Waals surface area contributed by atoms with E-state index in [9.17, 15) is 13.2 Å². The number of nitrogens with one attached hydrogen (secondary N) is 1. The van der Waals surface area contributed by atoms with Gasteiger partial charge in [0.05, 0.1) is 7.11 Å². The number of piperazine rings is 1. The van der Waals surface area contributed by atoms with Crippen LogP contribution in [0.2, 0.25) is 0 Å². The van der Waals surface area contributed by atoms with Gasteiger partial charge in [0.2, 0.25) is 0 Å². The Labute approximate surface area is 133 Å². The fraction of sp³-hybridized carbons (Fsp3) is 0.500. The van der Waals surface area contributed by atoms with Crippen LogP contribution in [0.25, 0.3) is 0 Å². The molecule has 0 amide bonds. The summed E-state index contributed by atoms with van der Waals surface area (Å²) in [5.41, 5.74) is 0.837. The van der Waals surface area contributed by atoms with Crippen LogP contribution in [0, 0.1) is 0 Å². The lowest BCUT2D eigenvalue weighted by Gasteiger charge is -2.35. The molecule has 0 spiro atoms. The van der Waals surface area contributed by atoms with Gasteiger partial charge in [-0.2, -0.15) is 0 Å². The number of rotatable bonds is 6. The van der Waals surface area contributed by atoms with Crippen LogP contribution in [0.15, 0.2) is 30.9 Å². The number of ether oxygens (including phenoxy) is 2. The standard InChI is InChI=1S/C16H21F3N2O2/c1-3-4-14(21-9-7-20-8-10-21)13-6-5-12(11-15(13)22-2)23-16(17,18)19/h3,5-6,11,14,20H,1,4,7-10H2,2H3/t14-/m0/s1. The molecule has 128 valence electrons. The molecule has 1 heterocycles. The molecule has 1 saturated heterocycles. The largest absolute Gasteiger partial charge is 0.573 e. The first kappa shape index (κ1) is 17.6. The monoisotopic (exact) mass is 330 g/mol. The van der Waals surface area contributed by atoms with Crippen molar-refractivity contribution in [2.75, 3.05) is 33.3 Å². The van der Waals surface area contributed by atoms with Crippen LogP contribution in [0.1, 0.15) is 18.0 Å². The number of alkyl halides is 3. The van der Waals surface area contributed by atoms with Gasteiger partial charge in [-0.1, -0.05) is 12.1 Å². The zero-order valence-electron chi connectivity index (χ0n) is 13.0. The van der Waals surface area contributed by atoms with E-state index in [1.54, 1.807) is 6.07 Å². The van der Waals surface area contributed by atoms with Gasteiger partial charge >= 0.3 is 6.36 Å². The molecule has 7 heteroatoms. The van der Waals surface area contributed by atoms with Crippen LogP contribution in [0.3, 0.4) is 0 Å². The quantitative estimate of drug-likeness (QED) is 0.813. The van der Waals surface area contributed by atoms with Crippen LogP contribution in [0.4, 0.5) is 13.2 Å². The highest BCUT2D eigenvalue weighted by atomic mass is 19.4. The summed E-state index contributed by atoms with van der Waals surface area (Å²) in [5, 5.41) is 3.28. The van der Waals surface area contributed by atoms with Gasteiger partial charge in [-0.3, -0.25) is 4.90 Å². The van der Waals surface area contributed by atoms with Crippen molar-refractivity contribution in [1.82, 2.24) is 10.2 Å². The van der Waals surface area contributed by atoms with Gasteiger partial charge in [0.15, 0.2) is 0 Å². The summed E-state index contributed by atoms with van der Waals surface area (Å²) in [7, 11) is 1.44. The number of hydrogen-bond donors (Lipinski definition) is 1. The van der Waals surface area contributed by atoms with E-state index in [4.69, 9.17) is 4.74 Å². The van der Waals surface area contributed by atoms with Crippen LogP contribution in [-0.2, 0) is 0 Å². The summed E-state index contributed by atoms with van der Waals surface area (Å²) in [4.78, 5) is 2.28. The maximum absolute atomic E-state index is 12.4. The molecular weight excluding hydrogens is 309 g/mol. The Kier molecular flexibility index (Phi) is 5.90. The van der Waals surface area contributed by atoms with Crippen molar-refractivity contribution in [2.24, 2.45) is 0 Å². The summed E-state index contributed by atoms with van der Waals surface area (Å²) in [6, 6.07) is 4.25. The van der Waals surface area contributed by atoms with Gasteiger partial charge in [0, 0.05) is 43.9 Å². The third-order valence-electron chi connectivity index (χ3n) is 3.78. The van der Waals surface area contributed by atoms with E-state index in [0.717, 1.165) is 31.7 Å². The topological polar surface area (TPSA) is 33.7 Å². The molecule has 1 aromatic carbocycles. The predicted molar refractivity (Wildman–Crippen MR) is 81.7 cm³/mol. The van der Waals surface area contributed by atoms with Crippen molar-refractivity contribution in [3.05, 3.63) is 36.4 Å². The highest BCUT2D eigenvalue weighted by Crippen LogP contribution is 2.36. The van der Waals surface area contributed by atoms with E-state index in [1.807, 2.05) is 6.08 Å². The summed E-state index contributed by atoms with van der Waals surface area (Å²) < 4.78 is 46.3. The molecule has 1 aliphatic rings. The van der Waals surface area contributed by atoms with Gasteiger partial charge in [-0.15, -0.1) is 19.8 Å². The normalized spacial score (nSPS) is 17.6. The van der Waals surface area contributed by atoms with Gasteiger partial charge in [0.25, 0.3) is 0 Å². The highest BCUT2D eigenvalue weighted by Gasteiger charge is 2.32. The van der Waals surface area contributed by atoms with Crippen molar-refractivity contribution >= 4 is 0 Å². The van der Waals surface area contributed by atoms with E-state index in [1.165, 1.54) is 19.2 Å². The minimum absolute atomic E-state index is 0.0180. The number of benzene rings is 1. The van der Waals surface area contributed by atoms with Gasteiger partial charge in [-0.05, 0) is 12.5 Å². The number of halogens is 3. The van der Waals surface area contributed by atoms with Crippen LogP contribution < -0.4 is 14.8 Å². The first-order chi connectivity index (χ1) is 10.9. The van der Waals surface area contributed by atoms with Crippen molar-refractivity contribution in [3.8, 4) is 11.5 Å². The molecule has 4 nitrogen and oxygen atoms in total. The molecule has 0 aliphatic carbocycles. The Hall–Kier alpha value is -1.73. The van der Waals surface area contributed by atoms with Crippen molar-refractivity contribution < 1.29 is 22.6 Å². The lowest BCUT2D eigenvalue weighted by Crippen LogP contribution is -2.45. The zero-order chi connectivity index (χ0) is 16.9. The summed E-state index contributed by atoms with van der Waals surface area (Å²) in [6.45, 7) is 7.27. The minimum Gasteiger partial charge on any atom is -0.496 e. The summed E-state index contributed by atoms with van der Waals surface area (Å²) in [5.74, 6) is 0.105. The van der Waals surface area contributed by atoms with E-state index in [-0.39, 0.29) is 11.8 Å². The van der Waals surface area contributed by atoms with Gasteiger partial charge in [0.1, 0.15) is 11.5 Å². The molecule has 0 aromatic heterocycles. The minimum atomic E-state index is -4.72. The van der Waals surface area contributed by atoms with Crippen molar-refractivity contribution in [1.29, 1.82) is 0 Å². The lowest BCUT2D eigenvalue weighted by atomic mass is 9.99. The maximum Gasteiger partial charge on any atom is 0.573 e. The third kappa shape index (κ3) is 4.87. The first-order valence-electron chi connectivity index (χ1n) is 7.44. The molecule has 0 saturated carbocycles. The second-order valence-electron chi connectivity index (χ2n) is 5.28. The molecule has 1 atom stereocenters. The highest BCUT2D eigenvalue weighted by molar-refractivity contribution is 5.43. The van der Waals surface area contributed by atoms with Crippen LogP contribution in [-0.4, -0.2) is 44.6 Å². The average molecular weight is 330 g/mol. The molecule has 0 unspecified atom stereocenters. The second kappa shape index (κ2) is 7.70. The lowest BCUT2D eigenvalue weighted by molar-refractivity contribution is -0.274. The second-order valence-corrected chi connectivity index (χ2v) is 5.28. The molecule has 1 aliphatic heterocycles. The molecule has 0 radical (unpaired) electrons.